The first kappa shape index (κ1) is 19.4. The molecule has 1 aromatic carbocycles. The molecular formula is C21H27N5O3. The van der Waals surface area contributed by atoms with E-state index in [1.165, 1.54) is 6.42 Å². The number of rotatable bonds is 5. The molecule has 1 N–H and O–H groups in total. The molecule has 154 valence electrons. The summed E-state index contributed by atoms with van der Waals surface area (Å²) in [5.41, 5.74) is 1.75. The van der Waals surface area contributed by atoms with Crippen molar-refractivity contribution in [3.63, 3.8) is 0 Å². The zero-order valence-corrected chi connectivity index (χ0v) is 17.0. The molecule has 3 heterocycles. The highest BCUT2D eigenvalue weighted by atomic mass is 16.5. The second-order valence-electron chi connectivity index (χ2n) is 7.79. The maximum atomic E-state index is 12.7. The SMILES string of the molecule is COc1ccc(C)cc1N1CC(C(=O)NCc2nnc3n2CCCCC3)CC1=O. The highest BCUT2D eigenvalue weighted by Gasteiger charge is 2.36. The highest BCUT2D eigenvalue weighted by molar-refractivity contribution is 6.01. The molecule has 8 nitrogen and oxygen atoms in total. The summed E-state index contributed by atoms with van der Waals surface area (Å²) in [5.74, 6) is 1.84. The van der Waals surface area contributed by atoms with Gasteiger partial charge in [-0.25, -0.2) is 0 Å². The van der Waals surface area contributed by atoms with Crippen LogP contribution < -0.4 is 15.0 Å². The van der Waals surface area contributed by atoms with E-state index in [0.29, 0.717) is 18.8 Å². The van der Waals surface area contributed by atoms with Crippen molar-refractivity contribution in [2.24, 2.45) is 5.92 Å². The van der Waals surface area contributed by atoms with Gasteiger partial charge in [0.15, 0.2) is 5.82 Å². The monoisotopic (exact) mass is 397 g/mol. The third-order valence-corrected chi connectivity index (χ3v) is 5.73. The molecule has 0 radical (unpaired) electrons. The van der Waals surface area contributed by atoms with Gasteiger partial charge in [0, 0.05) is 25.9 Å². The summed E-state index contributed by atoms with van der Waals surface area (Å²) in [6, 6.07) is 5.71. The molecule has 8 heteroatoms. The smallest absolute Gasteiger partial charge is 0.227 e. The number of carbonyl (C=O) groups excluding carboxylic acids is 2. The zero-order chi connectivity index (χ0) is 20.4. The van der Waals surface area contributed by atoms with Crippen molar-refractivity contribution >= 4 is 17.5 Å². The summed E-state index contributed by atoms with van der Waals surface area (Å²) in [6.07, 6.45) is 4.56. The molecule has 2 aliphatic heterocycles. The Morgan fingerprint density at radius 2 is 2.14 bits per heavy atom. The predicted octanol–water partition coefficient (Wildman–Crippen LogP) is 1.99. The van der Waals surface area contributed by atoms with Crippen molar-refractivity contribution in [1.29, 1.82) is 0 Å². The van der Waals surface area contributed by atoms with Crippen molar-refractivity contribution in [2.75, 3.05) is 18.6 Å². The third kappa shape index (κ3) is 3.97. The average Bonchev–Trinajstić information content (AvgIpc) is 3.21. The molecular weight excluding hydrogens is 370 g/mol. The quantitative estimate of drug-likeness (QED) is 0.833. The number of amides is 2. The maximum Gasteiger partial charge on any atom is 0.227 e. The molecule has 2 amide bonds. The standard InChI is InChI=1S/C21H27N5O3/c1-14-7-8-17(29-2)16(10-14)26-13-15(11-20(26)27)21(28)22-12-19-24-23-18-6-4-3-5-9-25(18)19/h7-8,10,15H,3-6,9,11-13H2,1-2H3,(H,22,28). The van der Waals surface area contributed by atoms with Crippen LogP contribution in [0.4, 0.5) is 5.69 Å². The Balaban J connectivity index is 1.41. The third-order valence-electron chi connectivity index (χ3n) is 5.73. The van der Waals surface area contributed by atoms with Crippen LogP contribution in [-0.4, -0.2) is 40.2 Å². The number of carbonyl (C=O) groups is 2. The number of nitrogens with one attached hydrogen (secondary N) is 1. The van der Waals surface area contributed by atoms with Crippen LogP contribution in [0.25, 0.3) is 0 Å². The Morgan fingerprint density at radius 1 is 1.28 bits per heavy atom. The average molecular weight is 397 g/mol. The Kier molecular flexibility index (Phi) is 5.51. The number of aromatic nitrogens is 3. The second kappa shape index (κ2) is 8.23. The Labute approximate surface area is 170 Å². The number of hydrogen-bond acceptors (Lipinski definition) is 5. The van der Waals surface area contributed by atoms with E-state index >= 15 is 0 Å². The Bertz CT molecular complexity index is 923. The molecule has 0 saturated carbocycles. The molecule has 4 rings (SSSR count). The molecule has 0 spiro atoms. The highest BCUT2D eigenvalue weighted by Crippen LogP contribution is 2.34. The number of nitrogens with zero attached hydrogens (tertiary/aromatic N) is 4. The van der Waals surface area contributed by atoms with E-state index in [2.05, 4.69) is 20.1 Å². The van der Waals surface area contributed by atoms with Crippen LogP contribution in [0.15, 0.2) is 18.2 Å². The summed E-state index contributed by atoms with van der Waals surface area (Å²) >= 11 is 0. The van der Waals surface area contributed by atoms with Crippen molar-refractivity contribution in [2.45, 2.75) is 52.1 Å². The van der Waals surface area contributed by atoms with E-state index in [1.54, 1.807) is 12.0 Å². The minimum absolute atomic E-state index is 0.0644. The lowest BCUT2D eigenvalue weighted by molar-refractivity contribution is -0.126. The lowest BCUT2D eigenvalue weighted by Crippen LogP contribution is -2.33. The zero-order valence-electron chi connectivity index (χ0n) is 17.0. The van der Waals surface area contributed by atoms with Gasteiger partial charge in [-0.1, -0.05) is 12.5 Å². The van der Waals surface area contributed by atoms with E-state index in [4.69, 9.17) is 4.74 Å². The van der Waals surface area contributed by atoms with E-state index in [-0.39, 0.29) is 24.2 Å². The topological polar surface area (TPSA) is 89.3 Å². The number of aryl methyl sites for hydroxylation is 2. The Hall–Kier alpha value is -2.90. The number of ether oxygens (including phenoxy) is 1. The normalized spacial score (nSPS) is 19.0. The lowest BCUT2D eigenvalue weighted by Gasteiger charge is -2.20. The van der Waals surface area contributed by atoms with Gasteiger partial charge < -0.3 is 19.5 Å². The van der Waals surface area contributed by atoms with Crippen molar-refractivity contribution in [1.82, 2.24) is 20.1 Å². The van der Waals surface area contributed by atoms with Crippen LogP contribution in [0.3, 0.4) is 0 Å². The van der Waals surface area contributed by atoms with Gasteiger partial charge in [-0.15, -0.1) is 10.2 Å². The molecule has 29 heavy (non-hydrogen) atoms. The first-order valence-corrected chi connectivity index (χ1v) is 10.2. The minimum atomic E-state index is -0.390. The van der Waals surface area contributed by atoms with Gasteiger partial charge in [0.2, 0.25) is 11.8 Å². The predicted molar refractivity (Wildman–Crippen MR) is 108 cm³/mol. The number of hydrogen-bond donors (Lipinski definition) is 1. The van der Waals surface area contributed by atoms with Gasteiger partial charge in [0.05, 0.1) is 25.3 Å². The molecule has 0 aliphatic carbocycles. The molecule has 1 atom stereocenters. The summed E-state index contributed by atoms with van der Waals surface area (Å²) in [4.78, 5) is 27.0. The van der Waals surface area contributed by atoms with E-state index < -0.39 is 0 Å². The fourth-order valence-corrected chi connectivity index (χ4v) is 4.11. The first-order chi connectivity index (χ1) is 14.1. The van der Waals surface area contributed by atoms with Crippen LogP contribution in [0, 0.1) is 12.8 Å². The van der Waals surface area contributed by atoms with Crippen LogP contribution in [-0.2, 0) is 29.1 Å². The number of anilines is 1. The van der Waals surface area contributed by atoms with Crippen LogP contribution >= 0.6 is 0 Å². The van der Waals surface area contributed by atoms with Gasteiger partial charge in [0.1, 0.15) is 11.6 Å². The lowest BCUT2D eigenvalue weighted by atomic mass is 10.1. The molecule has 0 bridgehead atoms. The largest absolute Gasteiger partial charge is 0.495 e. The Morgan fingerprint density at radius 3 is 2.97 bits per heavy atom. The van der Waals surface area contributed by atoms with Crippen molar-refractivity contribution in [3.05, 3.63) is 35.4 Å². The summed E-state index contributed by atoms with van der Waals surface area (Å²) in [5, 5.41) is 11.5. The van der Waals surface area contributed by atoms with Gasteiger partial charge >= 0.3 is 0 Å². The van der Waals surface area contributed by atoms with Gasteiger partial charge in [-0.2, -0.15) is 0 Å². The molecule has 2 aliphatic rings. The van der Waals surface area contributed by atoms with Gasteiger partial charge in [-0.05, 0) is 37.5 Å². The maximum absolute atomic E-state index is 12.7. The second-order valence-corrected chi connectivity index (χ2v) is 7.79. The van der Waals surface area contributed by atoms with Crippen molar-refractivity contribution in [3.8, 4) is 5.75 Å². The first-order valence-electron chi connectivity index (χ1n) is 10.2. The number of methoxy groups -OCH3 is 1. The fraction of sp³-hybridized carbons (Fsp3) is 0.524. The van der Waals surface area contributed by atoms with Crippen molar-refractivity contribution < 1.29 is 14.3 Å². The number of benzene rings is 1. The molecule has 1 unspecified atom stereocenters. The van der Waals surface area contributed by atoms with E-state index in [0.717, 1.165) is 48.7 Å². The van der Waals surface area contributed by atoms with E-state index in [1.807, 2.05) is 25.1 Å². The molecule has 2 aromatic rings. The summed E-state index contributed by atoms with van der Waals surface area (Å²) < 4.78 is 7.53. The summed E-state index contributed by atoms with van der Waals surface area (Å²) in [6.45, 7) is 3.55. The fourth-order valence-electron chi connectivity index (χ4n) is 4.11. The van der Waals surface area contributed by atoms with Crippen LogP contribution in [0.1, 0.15) is 42.9 Å². The van der Waals surface area contributed by atoms with Crippen LogP contribution in [0.5, 0.6) is 5.75 Å². The molecule has 1 aromatic heterocycles. The van der Waals surface area contributed by atoms with Crippen LogP contribution in [0.2, 0.25) is 0 Å². The van der Waals surface area contributed by atoms with Gasteiger partial charge in [-0.3, -0.25) is 9.59 Å². The van der Waals surface area contributed by atoms with Gasteiger partial charge in [0.25, 0.3) is 0 Å². The molecule has 1 saturated heterocycles. The minimum Gasteiger partial charge on any atom is -0.495 e. The summed E-state index contributed by atoms with van der Waals surface area (Å²) in [7, 11) is 1.58. The number of fused-ring (bicyclic) bond motifs is 1. The van der Waals surface area contributed by atoms with E-state index in [9.17, 15) is 9.59 Å². The molecule has 1 fully saturated rings.